The van der Waals surface area contributed by atoms with Crippen LogP contribution in [0, 0.1) is 18.4 Å². The number of fused-ring (bicyclic) bond motifs is 1. The zero-order valence-electron chi connectivity index (χ0n) is 10.3. The Morgan fingerprint density at radius 3 is 3.00 bits per heavy atom. The van der Waals surface area contributed by atoms with Gasteiger partial charge in [0, 0.05) is 30.8 Å². The van der Waals surface area contributed by atoms with E-state index in [9.17, 15) is 0 Å². The molecule has 1 aromatic heterocycles. The first-order valence-electron chi connectivity index (χ1n) is 5.98. The number of nitrogens with zero attached hydrogens (tertiary/aromatic N) is 4. The first-order valence-corrected chi connectivity index (χ1v) is 5.98. The average molecular weight is 231 g/mol. The summed E-state index contributed by atoms with van der Waals surface area (Å²) in [5.74, 6) is 0.424. The number of aromatic nitrogens is 2. The summed E-state index contributed by atoms with van der Waals surface area (Å²) in [5, 5.41) is 11.1. The normalized spacial score (nSPS) is 15.1. The molecule has 1 aliphatic heterocycles. The van der Waals surface area contributed by atoms with Crippen molar-refractivity contribution >= 4 is 5.95 Å². The topological polar surface area (TPSA) is 64.8 Å². The van der Waals surface area contributed by atoms with Gasteiger partial charge in [-0.25, -0.2) is 9.97 Å². The molecule has 2 rings (SSSR count). The SMILES string of the molecule is CCCN1CCc2nc(NC#N)nc(C)c2C1. The van der Waals surface area contributed by atoms with E-state index in [0.29, 0.717) is 5.95 Å². The second kappa shape index (κ2) is 5.11. The van der Waals surface area contributed by atoms with Crippen LogP contribution in [0.15, 0.2) is 0 Å². The molecule has 0 fully saturated rings. The van der Waals surface area contributed by atoms with Crippen LogP contribution in [0.5, 0.6) is 0 Å². The smallest absolute Gasteiger partial charge is 0.236 e. The number of rotatable bonds is 3. The van der Waals surface area contributed by atoms with Crippen LogP contribution < -0.4 is 5.32 Å². The zero-order chi connectivity index (χ0) is 12.3. The van der Waals surface area contributed by atoms with E-state index in [1.807, 2.05) is 13.1 Å². The predicted molar refractivity (Wildman–Crippen MR) is 65.3 cm³/mol. The Labute approximate surface area is 101 Å². The number of anilines is 1. The molecule has 5 nitrogen and oxygen atoms in total. The maximum Gasteiger partial charge on any atom is 0.236 e. The van der Waals surface area contributed by atoms with Gasteiger partial charge < -0.3 is 0 Å². The highest BCUT2D eigenvalue weighted by molar-refractivity contribution is 5.37. The molecule has 1 N–H and O–H groups in total. The van der Waals surface area contributed by atoms with Crippen LogP contribution in [0.4, 0.5) is 5.95 Å². The molecule has 0 radical (unpaired) electrons. The maximum atomic E-state index is 8.58. The Bertz CT molecular complexity index is 449. The lowest BCUT2D eigenvalue weighted by molar-refractivity contribution is 0.251. The van der Waals surface area contributed by atoms with Crippen molar-refractivity contribution in [3.8, 4) is 6.19 Å². The van der Waals surface area contributed by atoms with E-state index in [1.54, 1.807) is 0 Å². The van der Waals surface area contributed by atoms with Crippen LogP contribution in [0.25, 0.3) is 0 Å². The van der Waals surface area contributed by atoms with Gasteiger partial charge in [0.25, 0.3) is 0 Å². The fourth-order valence-corrected chi connectivity index (χ4v) is 2.25. The molecule has 0 saturated heterocycles. The van der Waals surface area contributed by atoms with Gasteiger partial charge in [-0.05, 0) is 19.9 Å². The van der Waals surface area contributed by atoms with Crippen molar-refractivity contribution in [1.82, 2.24) is 14.9 Å². The molecule has 17 heavy (non-hydrogen) atoms. The lowest BCUT2D eigenvalue weighted by atomic mass is 10.0. The third-order valence-electron chi connectivity index (χ3n) is 3.05. The largest absolute Gasteiger partial charge is 0.299 e. The molecule has 0 saturated carbocycles. The maximum absolute atomic E-state index is 8.58. The second-order valence-corrected chi connectivity index (χ2v) is 4.32. The molecule has 5 heteroatoms. The Balaban J connectivity index is 2.24. The summed E-state index contributed by atoms with van der Waals surface area (Å²) in [6, 6.07) is 0. The average Bonchev–Trinajstić information content (AvgIpc) is 2.31. The fraction of sp³-hybridized carbons (Fsp3) is 0.583. The summed E-state index contributed by atoms with van der Waals surface area (Å²) in [5.41, 5.74) is 3.30. The quantitative estimate of drug-likeness (QED) is 0.630. The monoisotopic (exact) mass is 231 g/mol. The second-order valence-electron chi connectivity index (χ2n) is 4.32. The Hall–Kier alpha value is -1.67. The molecule has 0 aliphatic carbocycles. The van der Waals surface area contributed by atoms with Crippen molar-refractivity contribution < 1.29 is 0 Å². The van der Waals surface area contributed by atoms with Gasteiger partial charge in [0.15, 0.2) is 6.19 Å². The summed E-state index contributed by atoms with van der Waals surface area (Å²) < 4.78 is 0. The van der Waals surface area contributed by atoms with Crippen LogP contribution >= 0.6 is 0 Å². The van der Waals surface area contributed by atoms with Gasteiger partial charge in [-0.3, -0.25) is 10.2 Å². The van der Waals surface area contributed by atoms with Gasteiger partial charge >= 0.3 is 0 Å². The summed E-state index contributed by atoms with van der Waals surface area (Å²) in [4.78, 5) is 11.1. The molecule has 0 amide bonds. The van der Waals surface area contributed by atoms with Crippen LogP contribution in [0.3, 0.4) is 0 Å². The molecule has 0 spiro atoms. The van der Waals surface area contributed by atoms with E-state index in [2.05, 4.69) is 27.1 Å². The van der Waals surface area contributed by atoms with E-state index in [1.165, 1.54) is 12.0 Å². The van der Waals surface area contributed by atoms with E-state index < -0.39 is 0 Å². The van der Waals surface area contributed by atoms with Crippen molar-refractivity contribution in [2.75, 3.05) is 18.4 Å². The lowest BCUT2D eigenvalue weighted by Crippen LogP contribution is -2.32. The van der Waals surface area contributed by atoms with E-state index >= 15 is 0 Å². The van der Waals surface area contributed by atoms with E-state index in [0.717, 1.165) is 37.4 Å². The molecule has 1 aromatic rings. The molecule has 0 aromatic carbocycles. The number of hydrogen-bond acceptors (Lipinski definition) is 5. The lowest BCUT2D eigenvalue weighted by Gasteiger charge is -2.28. The third kappa shape index (κ3) is 2.53. The third-order valence-corrected chi connectivity index (χ3v) is 3.05. The first kappa shape index (κ1) is 11.8. The molecule has 1 aliphatic rings. The van der Waals surface area contributed by atoms with Crippen molar-refractivity contribution in [1.29, 1.82) is 5.26 Å². The standard InChI is InChI=1S/C12H17N5/c1-3-5-17-6-4-11-10(7-17)9(2)15-12(16-11)14-8-13/h3-7H2,1-2H3,(H,14,15,16). The van der Waals surface area contributed by atoms with Gasteiger partial charge in [-0.15, -0.1) is 0 Å². The first-order chi connectivity index (χ1) is 8.24. The zero-order valence-corrected chi connectivity index (χ0v) is 10.3. The molecule has 90 valence electrons. The number of aryl methyl sites for hydroxylation is 1. The van der Waals surface area contributed by atoms with Crippen molar-refractivity contribution in [3.05, 3.63) is 17.0 Å². The Morgan fingerprint density at radius 2 is 2.29 bits per heavy atom. The van der Waals surface area contributed by atoms with Crippen LogP contribution in [0.2, 0.25) is 0 Å². The molecule has 2 heterocycles. The Morgan fingerprint density at radius 1 is 1.47 bits per heavy atom. The predicted octanol–water partition coefficient (Wildman–Crippen LogP) is 1.45. The van der Waals surface area contributed by atoms with Crippen molar-refractivity contribution in [2.24, 2.45) is 0 Å². The number of hydrogen-bond donors (Lipinski definition) is 1. The van der Waals surface area contributed by atoms with Gasteiger partial charge in [-0.1, -0.05) is 6.92 Å². The summed E-state index contributed by atoms with van der Waals surface area (Å²) in [6.07, 6.45) is 3.97. The van der Waals surface area contributed by atoms with Crippen molar-refractivity contribution in [2.45, 2.75) is 33.2 Å². The number of nitriles is 1. The highest BCUT2D eigenvalue weighted by atomic mass is 15.2. The van der Waals surface area contributed by atoms with Crippen LogP contribution in [0.1, 0.15) is 30.3 Å². The van der Waals surface area contributed by atoms with E-state index in [-0.39, 0.29) is 0 Å². The molecular weight excluding hydrogens is 214 g/mol. The van der Waals surface area contributed by atoms with Gasteiger partial charge in [0.05, 0.1) is 5.69 Å². The minimum Gasteiger partial charge on any atom is -0.299 e. The molecule has 0 bridgehead atoms. The molecular formula is C12H17N5. The highest BCUT2D eigenvalue weighted by Crippen LogP contribution is 2.21. The van der Waals surface area contributed by atoms with E-state index in [4.69, 9.17) is 5.26 Å². The molecule has 0 unspecified atom stereocenters. The minimum absolute atomic E-state index is 0.424. The summed E-state index contributed by atoms with van der Waals surface area (Å²) in [6.45, 7) is 7.28. The van der Waals surface area contributed by atoms with Crippen LogP contribution in [-0.4, -0.2) is 28.0 Å². The number of nitrogens with one attached hydrogen (secondary N) is 1. The van der Waals surface area contributed by atoms with Crippen LogP contribution in [-0.2, 0) is 13.0 Å². The molecule has 0 atom stereocenters. The summed E-state index contributed by atoms with van der Waals surface area (Å²) in [7, 11) is 0. The minimum atomic E-state index is 0.424. The van der Waals surface area contributed by atoms with Gasteiger partial charge in [0.2, 0.25) is 5.95 Å². The Kier molecular flexibility index (Phi) is 3.55. The van der Waals surface area contributed by atoms with Gasteiger partial charge in [-0.2, -0.15) is 5.26 Å². The van der Waals surface area contributed by atoms with Crippen molar-refractivity contribution in [3.63, 3.8) is 0 Å². The fourth-order valence-electron chi connectivity index (χ4n) is 2.25. The highest BCUT2D eigenvalue weighted by Gasteiger charge is 2.20. The van der Waals surface area contributed by atoms with Gasteiger partial charge in [0.1, 0.15) is 0 Å². The summed E-state index contributed by atoms with van der Waals surface area (Å²) >= 11 is 0.